The molecule has 1 heterocycles. The molecule has 1 aromatic rings. The lowest BCUT2D eigenvalue weighted by molar-refractivity contribution is 0.112. The van der Waals surface area contributed by atoms with Crippen LogP contribution in [0.4, 0.5) is 0 Å². The average Bonchev–Trinajstić information content (AvgIpc) is 2.16. The fourth-order valence-electron chi connectivity index (χ4n) is 0.812. The van der Waals surface area contributed by atoms with Gasteiger partial charge < -0.3 is 4.74 Å². The molecule has 12 heavy (non-hydrogen) atoms. The number of methoxy groups -OCH3 is 1. The van der Waals surface area contributed by atoms with Crippen LogP contribution >= 0.6 is 11.8 Å². The van der Waals surface area contributed by atoms with Gasteiger partial charge in [0.25, 0.3) is 0 Å². The van der Waals surface area contributed by atoms with Gasteiger partial charge in [0.1, 0.15) is 5.75 Å². The van der Waals surface area contributed by atoms with Crippen molar-refractivity contribution in [1.82, 2.24) is 4.98 Å². The molecule has 64 valence electrons. The van der Waals surface area contributed by atoms with E-state index in [-0.39, 0.29) is 0 Å². The Kier molecular flexibility index (Phi) is 3.10. The van der Waals surface area contributed by atoms with Gasteiger partial charge in [-0.05, 0) is 12.3 Å². The molecule has 0 spiro atoms. The molecule has 4 heteroatoms. The zero-order valence-electron chi connectivity index (χ0n) is 6.90. The van der Waals surface area contributed by atoms with E-state index in [0.717, 1.165) is 11.3 Å². The topological polar surface area (TPSA) is 39.2 Å². The number of aldehydes is 1. The summed E-state index contributed by atoms with van der Waals surface area (Å²) >= 11 is 1.49. The third kappa shape index (κ3) is 1.76. The summed E-state index contributed by atoms with van der Waals surface area (Å²) in [5.41, 5.74) is 0.539. The maximum absolute atomic E-state index is 10.5. The van der Waals surface area contributed by atoms with Gasteiger partial charge in [-0.3, -0.25) is 4.79 Å². The summed E-state index contributed by atoms with van der Waals surface area (Å²) in [5, 5.41) is 0.818. The largest absolute Gasteiger partial charge is 0.494 e. The van der Waals surface area contributed by atoms with Crippen molar-refractivity contribution in [3.8, 4) is 5.75 Å². The first-order valence-corrected chi connectivity index (χ1v) is 4.57. The number of thioether (sulfide) groups is 1. The molecule has 0 amide bonds. The van der Waals surface area contributed by atoms with Gasteiger partial charge in [-0.2, -0.15) is 0 Å². The Labute approximate surface area is 75.1 Å². The summed E-state index contributed by atoms with van der Waals surface area (Å²) in [7, 11) is 1.52. The number of ether oxygens (including phenoxy) is 1. The van der Waals surface area contributed by atoms with Gasteiger partial charge >= 0.3 is 0 Å². The Balaban J connectivity index is 3.10. The lowest BCUT2D eigenvalue weighted by Crippen LogP contribution is -1.92. The first kappa shape index (κ1) is 9.06. The van der Waals surface area contributed by atoms with Crippen molar-refractivity contribution < 1.29 is 9.53 Å². The zero-order chi connectivity index (χ0) is 8.97. The van der Waals surface area contributed by atoms with E-state index in [2.05, 4.69) is 4.98 Å². The summed E-state index contributed by atoms with van der Waals surface area (Å²) in [5.74, 6) is 0.516. The quantitative estimate of drug-likeness (QED) is 0.527. The highest BCUT2D eigenvalue weighted by atomic mass is 32.2. The number of nitrogens with zero attached hydrogens (tertiary/aromatic N) is 1. The third-order valence-electron chi connectivity index (χ3n) is 1.43. The number of rotatable bonds is 3. The van der Waals surface area contributed by atoms with Gasteiger partial charge in [0.05, 0.1) is 23.9 Å². The number of pyridine rings is 1. The second-order valence-corrected chi connectivity index (χ2v) is 2.91. The van der Waals surface area contributed by atoms with Crippen molar-refractivity contribution in [2.24, 2.45) is 0 Å². The first-order valence-electron chi connectivity index (χ1n) is 3.35. The van der Waals surface area contributed by atoms with Crippen molar-refractivity contribution in [3.05, 3.63) is 17.8 Å². The minimum atomic E-state index is 0.516. The van der Waals surface area contributed by atoms with Gasteiger partial charge in [0.2, 0.25) is 0 Å². The Morgan fingerprint density at radius 2 is 2.42 bits per heavy atom. The lowest BCUT2D eigenvalue weighted by atomic mass is 10.3. The monoisotopic (exact) mass is 183 g/mol. The smallest absolute Gasteiger partial charge is 0.153 e. The molecule has 1 rings (SSSR count). The van der Waals surface area contributed by atoms with E-state index in [1.54, 1.807) is 12.3 Å². The van der Waals surface area contributed by atoms with Crippen LogP contribution in [0.1, 0.15) is 10.4 Å². The van der Waals surface area contributed by atoms with E-state index in [9.17, 15) is 4.79 Å². The first-order chi connectivity index (χ1) is 5.81. The van der Waals surface area contributed by atoms with Crippen LogP contribution in [0, 0.1) is 0 Å². The van der Waals surface area contributed by atoms with E-state index in [4.69, 9.17) is 4.74 Å². The number of aromatic nitrogens is 1. The zero-order valence-corrected chi connectivity index (χ0v) is 7.72. The molecule has 0 aliphatic rings. The molecule has 0 saturated carbocycles. The number of hydrogen-bond acceptors (Lipinski definition) is 4. The summed E-state index contributed by atoms with van der Waals surface area (Å²) < 4.78 is 4.93. The fourth-order valence-corrected chi connectivity index (χ4v) is 1.22. The number of carbonyl (C=O) groups excluding carboxylic acids is 1. The molecule has 0 aromatic carbocycles. The van der Waals surface area contributed by atoms with Crippen molar-refractivity contribution in [1.29, 1.82) is 0 Å². The molecule has 1 aromatic heterocycles. The minimum absolute atomic E-state index is 0.516. The van der Waals surface area contributed by atoms with Crippen LogP contribution in [-0.4, -0.2) is 24.6 Å². The standard InChI is InChI=1S/C8H9NO2S/c1-11-7-4-9-8(12-2)3-6(7)5-10/h3-5H,1-2H3. The molecule has 0 aliphatic heterocycles. The van der Waals surface area contributed by atoms with Gasteiger partial charge in [0.15, 0.2) is 6.29 Å². The van der Waals surface area contributed by atoms with Gasteiger partial charge in [0, 0.05) is 0 Å². The van der Waals surface area contributed by atoms with Crippen LogP contribution in [0.2, 0.25) is 0 Å². The average molecular weight is 183 g/mol. The van der Waals surface area contributed by atoms with E-state index >= 15 is 0 Å². The highest BCUT2D eigenvalue weighted by Crippen LogP contribution is 2.19. The van der Waals surface area contributed by atoms with Crippen LogP contribution in [-0.2, 0) is 0 Å². The highest BCUT2D eigenvalue weighted by Gasteiger charge is 2.02. The van der Waals surface area contributed by atoms with Crippen molar-refractivity contribution in [3.63, 3.8) is 0 Å². The van der Waals surface area contributed by atoms with Crippen LogP contribution in [0.15, 0.2) is 17.3 Å². The van der Waals surface area contributed by atoms with E-state index in [1.165, 1.54) is 18.9 Å². The maximum atomic E-state index is 10.5. The second kappa shape index (κ2) is 4.11. The molecule has 0 saturated heterocycles. The number of hydrogen-bond donors (Lipinski definition) is 0. The second-order valence-electron chi connectivity index (χ2n) is 2.09. The predicted octanol–water partition coefficient (Wildman–Crippen LogP) is 1.62. The molecule has 3 nitrogen and oxygen atoms in total. The molecule has 0 aliphatic carbocycles. The fraction of sp³-hybridized carbons (Fsp3) is 0.250. The molecular formula is C8H9NO2S. The van der Waals surface area contributed by atoms with Crippen LogP contribution in [0.3, 0.4) is 0 Å². The lowest BCUT2D eigenvalue weighted by Gasteiger charge is -2.02. The SMILES string of the molecule is COc1cnc(SC)cc1C=O. The van der Waals surface area contributed by atoms with Gasteiger partial charge in [-0.15, -0.1) is 11.8 Å². The van der Waals surface area contributed by atoms with E-state index in [1.807, 2.05) is 6.26 Å². The van der Waals surface area contributed by atoms with Crippen molar-refractivity contribution in [2.45, 2.75) is 5.03 Å². The number of carbonyl (C=O) groups is 1. The Hall–Kier alpha value is -1.03. The molecule has 0 atom stereocenters. The molecule has 0 N–H and O–H groups in total. The molecular weight excluding hydrogens is 174 g/mol. The van der Waals surface area contributed by atoms with Crippen LogP contribution in [0.5, 0.6) is 5.75 Å². The van der Waals surface area contributed by atoms with Crippen LogP contribution < -0.4 is 4.74 Å². The summed E-state index contributed by atoms with van der Waals surface area (Å²) in [6.07, 6.45) is 4.22. The summed E-state index contributed by atoms with van der Waals surface area (Å²) in [6.45, 7) is 0. The Morgan fingerprint density at radius 1 is 1.67 bits per heavy atom. The molecule has 0 unspecified atom stereocenters. The third-order valence-corrected chi connectivity index (χ3v) is 2.07. The van der Waals surface area contributed by atoms with E-state index < -0.39 is 0 Å². The molecule has 0 fully saturated rings. The van der Waals surface area contributed by atoms with Gasteiger partial charge in [-0.1, -0.05) is 0 Å². The minimum Gasteiger partial charge on any atom is -0.494 e. The summed E-state index contributed by atoms with van der Waals surface area (Å²) in [6, 6.07) is 1.70. The Morgan fingerprint density at radius 3 is 2.92 bits per heavy atom. The normalized spacial score (nSPS) is 9.50. The molecule has 0 bridgehead atoms. The highest BCUT2D eigenvalue weighted by molar-refractivity contribution is 7.98. The van der Waals surface area contributed by atoms with E-state index in [0.29, 0.717) is 11.3 Å². The Bertz CT molecular complexity index is 288. The predicted molar refractivity (Wildman–Crippen MR) is 48.0 cm³/mol. The van der Waals surface area contributed by atoms with Crippen molar-refractivity contribution in [2.75, 3.05) is 13.4 Å². The molecule has 0 radical (unpaired) electrons. The van der Waals surface area contributed by atoms with Crippen LogP contribution in [0.25, 0.3) is 0 Å². The summed E-state index contributed by atoms with van der Waals surface area (Å²) in [4.78, 5) is 14.6. The van der Waals surface area contributed by atoms with Gasteiger partial charge in [-0.25, -0.2) is 4.98 Å². The maximum Gasteiger partial charge on any atom is 0.153 e. The van der Waals surface area contributed by atoms with Crippen molar-refractivity contribution >= 4 is 18.0 Å².